The number of hydrogen-bond donors (Lipinski definition) is 1. The second-order valence-corrected chi connectivity index (χ2v) is 4.74. The third kappa shape index (κ3) is 3.08. The van der Waals surface area contributed by atoms with Gasteiger partial charge in [0.1, 0.15) is 5.82 Å². The smallest absolute Gasteiger partial charge is 0.226 e. The van der Waals surface area contributed by atoms with E-state index in [2.05, 4.69) is 10.4 Å². The van der Waals surface area contributed by atoms with Gasteiger partial charge in [-0.05, 0) is 24.3 Å². The first kappa shape index (κ1) is 13.3. The van der Waals surface area contributed by atoms with Gasteiger partial charge in [0.15, 0.2) is 0 Å². The molecule has 0 saturated heterocycles. The van der Waals surface area contributed by atoms with E-state index in [1.807, 2.05) is 24.3 Å². The third-order valence-electron chi connectivity index (χ3n) is 3.21. The zero-order valence-corrected chi connectivity index (χ0v) is 11.3. The molecule has 0 atom stereocenters. The quantitative estimate of drug-likeness (QED) is 0.799. The highest BCUT2D eigenvalue weighted by atomic mass is 19.1. The van der Waals surface area contributed by atoms with Crippen molar-refractivity contribution in [2.45, 2.75) is 13.0 Å². The number of aromatic nitrogens is 2. The van der Waals surface area contributed by atoms with Crippen molar-refractivity contribution in [1.82, 2.24) is 9.78 Å². The molecule has 0 spiro atoms. The van der Waals surface area contributed by atoms with Crippen molar-refractivity contribution >= 4 is 22.5 Å². The van der Waals surface area contributed by atoms with E-state index in [1.54, 1.807) is 23.0 Å². The van der Waals surface area contributed by atoms with Crippen molar-refractivity contribution in [2.75, 3.05) is 5.32 Å². The molecular formula is C16H14FN3O. The summed E-state index contributed by atoms with van der Waals surface area (Å²) >= 11 is 0. The number of carbonyl (C=O) groups is 1. The summed E-state index contributed by atoms with van der Waals surface area (Å²) in [5.74, 6) is -0.536. The summed E-state index contributed by atoms with van der Waals surface area (Å²) in [5, 5.41) is 7.98. The molecule has 0 aliphatic carbocycles. The average Bonchev–Trinajstić information content (AvgIpc) is 2.88. The number of hydrogen-bond acceptors (Lipinski definition) is 2. The van der Waals surface area contributed by atoms with Crippen LogP contribution in [-0.2, 0) is 11.3 Å². The van der Waals surface area contributed by atoms with Gasteiger partial charge < -0.3 is 5.32 Å². The van der Waals surface area contributed by atoms with Gasteiger partial charge in [0.05, 0.1) is 18.3 Å². The second-order valence-electron chi connectivity index (χ2n) is 4.74. The number of anilines is 1. The van der Waals surface area contributed by atoms with E-state index in [1.165, 1.54) is 12.1 Å². The molecule has 0 radical (unpaired) electrons. The summed E-state index contributed by atoms with van der Waals surface area (Å²) in [7, 11) is 0. The van der Waals surface area contributed by atoms with Gasteiger partial charge in [-0.2, -0.15) is 5.10 Å². The molecule has 5 heteroatoms. The first-order chi connectivity index (χ1) is 10.2. The fourth-order valence-corrected chi connectivity index (χ4v) is 2.20. The monoisotopic (exact) mass is 283 g/mol. The molecule has 0 bridgehead atoms. The number of amides is 1. The molecule has 0 aliphatic rings. The number of benzene rings is 2. The summed E-state index contributed by atoms with van der Waals surface area (Å²) in [4.78, 5) is 11.9. The topological polar surface area (TPSA) is 46.9 Å². The minimum atomic E-state index is -0.370. The Morgan fingerprint density at radius 3 is 2.90 bits per heavy atom. The molecule has 1 N–H and O–H groups in total. The van der Waals surface area contributed by atoms with Gasteiger partial charge in [0.25, 0.3) is 0 Å². The van der Waals surface area contributed by atoms with Crippen molar-refractivity contribution in [3.05, 3.63) is 60.5 Å². The fraction of sp³-hybridized carbons (Fsp3) is 0.125. The Morgan fingerprint density at radius 2 is 2.05 bits per heavy atom. The van der Waals surface area contributed by atoms with Crippen LogP contribution in [0.4, 0.5) is 10.1 Å². The number of para-hydroxylation sites is 1. The van der Waals surface area contributed by atoms with Crippen molar-refractivity contribution in [1.29, 1.82) is 0 Å². The van der Waals surface area contributed by atoms with Gasteiger partial charge >= 0.3 is 0 Å². The standard InChI is InChI=1S/C16H14FN3O/c17-13-5-3-6-14(10-13)19-16(21)8-9-20-15-7-2-1-4-12(15)11-18-20/h1-7,10-11H,8-9H2,(H,19,21). The highest BCUT2D eigenvalue weighted by Crippen LogP contribution is 2.13. The largest absolute Gasteiger partial charge is 0.326 e. The SMILES string of the molecule is O=C(CCn1ncc2ccccc21)Nc1cccc(F)c1. The van der Waals surface area contributed by atoms with E-state index in [4.69, 9.17) is 0 Å². The van der Waals surface area contributed by atoms with Crippen molar-refractivity contribution < 1.29 is 9.18 Å². The molecule has 2 aromatic carbocycles. The highest BCUT2D eigenvalue weighted by molar-refractivity contribution is 5.90. The number of fused-ring (bicyclic) bond motifs is 1. The van der Waals surface area contributed by atoms with Crippen LogP contribution in [0.25, 0.3) is 10.9 Å². The number of nitrogens with zero attached hydrogens (tertiary/aromatic N) is 2. The lowest BCUT2D eigenvalue weighted by Crippen LogP contribution is -2.15. The minimum Gasteiger partial charge on any atom is -0.326 e. The Balaban J connectivity index is 1.63. The fourth-order valence-electron chi connectivity index (χ4n) is 2.20. The molecule has 0 aliphatic heterocycles. The van der Waals surface area contributed by atoms with E-state index in [9.17, 15) is 9.18 Å². The first-order valence-electron chi connectivity index (χ1n) is 6.68. The van der Waals surface area contributed by atoms with Gasteiger partial charge in [0, 0.05) is 17.5 Å². The summed E-state index contributed by atoms with van der Waals surface area (Å²) in [6.07, 6.45) is 2.06. The van der Waals surface area contributed by atoms with Gasteiger partial charge in [-0.15, -0.1) is 0 Å². The maximum atomic E-state index is 13.0. The van der Waals surface area contributed by atoms with Crippen LogP contribution in [0.2, 0.25) is 0 Å². The van der Waals surface area contributed by atoms with Crippen molar-refractivity contribution in [3.63, 3.8) is 0 Å². The van der Waals surface area contributed by atoms with Crippen LogP contribution in [0.3, 0.4) is 0 Å². The summed E-state index contributed by atoms with van der Waals surface area (Å²) in [6, 6.07) is 13.7. The number of nitrogens with one attached hydrogen (secondary N) is 1. The van der Waals surface area contributed by atoms with Crippen LogP contribution in [-0.4, -0.2) is 15.7 Å². The molecule has 0 saturated carbocycles. The third-order valence-corrected chi connectivity index (χ3v) is 3.21. The number of halogens is 1. The van der Waals surface area contributed by atoms with Crippen LogP contribution in [0, 0.1) is 5.82 Å². The Morgan fingerprint density at radius 1 is 1.19 bits per heavy atom. The van der Waals surface area contributed by atoms with E-state index < -0.39 is 0 Å². The van der Waals surface area contributed by atoms with E-state index >= 15 is 0 Å². The summed E-state index contributed by atoms with van der Waals surface area (Å²) in [5.41, 5.74) is 1.46. The van der Waals surface area contributed by atoms with Crippen LogP contribution >= 0.6 is 0 Å². The molecule has 3 aromatic rings. The molecular weight excluding hydrogens is 269 g/mol. The Kier molecular flexibility index (Phi) is 3.64. The summed E-state index contributed by atoms with van der Waals surface area (Å²) < 4.78 is 14.8. The molecule has 1 aromatic heterocycles. The van der Waals surface area contributed by atoms with E-state index in [0.717, 1.165) is 10.9 Å². The Hall–Kier alpha value is -2.69. The Bertz CT molecular complexity index is 782. The predicted octanol–water partition coefficient (Wildman–Crippen LogP) is 3.20. The number of aryl methyl sites for hydroxylation is 1. The van der Waals surface area contributed by atoms with Crippen molar-refractivity contribution in [3.8, 4) is 0 Å². The molecule has 1 heterocycles. The first-order valence-corrected chi connectivity index (χ1v) is 6.68. The van der Waals surface area contributed by atoms with Gasteiger partial charge in [-0.25, -0.2) is 4.39 Å². The molecule has 4 nitrogen and oxygen atoms in total. The van der Waals surface area contributed by atoms with Gasteiger partial charge in [0.2, 0.25) is 5.91 Å². The zero-order valence-electron chi connectivity index (χ0n) is 11.3. The zero-order chi connectivity index (χ0) is 14.7. The van der Waals surface area contributed by atoms with Crippen LogP contribution in [0.15, 0.2) is 54.7 Å². The van der Waals surface area contributed by atoms with E-state index in [0.29, 0.717) is 12.2 Å². The number of rotatable bonds is 4. The van der Waals surface area contributed by atoms with Crippen LogP contribution in [0.1, 0.15) is 6.42 Å². The summed E-state index contributed by atoms with van der Waals surface area (Å²) in [6.45, 7) is 0.481. The lowest BCUT2D eigenvalue weighted by atomic mass is 10.2. The molecule has 106 valence electrons. The van der Waals surface area contributed by atoms with Crippen molar-refractivity contribution in [2.24, 2.45) is 0 Å². The van der Waals surface area contributed by atoms with E-state index in [-0.39, 0.29) is 18.1 Å². The second kappa shape index (κ2) is 5.75. The minimum absolute atomic E-state index is 0.166. The maximum absolute atomic E-state index is 13.0. The Labute approximate surface area is 121 Å². The van der Waals surface area contributed by atoms with Gasteiger partial charge in [-0.1, -0.05) is 24.3 Å². The normalized spacial score (nSPS) is 10.7. The van der Waals surface area contributed by atoms with Gasteiger partial charge in [-0.3, -0.25) is 9.48 Å². The molecule has 0 fully saturated rings. The highest BCUT2D eigenvalue weighted by Gasteiger charge is 2.06. The lowest BCUT2D eigenvalue weighted by Gasteiger charge is -2.06. The number of carbonyl (C=O) groups excluding carboxylic acids is 1. The molecule has 1 amide bonds. The predicted molar refractivity (Wildman–Crippen MR) is 79.4 cm³/mol. The lowest BCUT2D eigenvalue weighted by molar-refractivity contribution is -0.116. The molecule has 3 rings (SSSR count). The van der Waals surface area contributed by atoms with Crippen LogP contribution < -0.4 is 5.32 Å². The molecule has 0 unspecified atom stereocenters. The molecule has 21 heavy (non-hydrogen) atoms. The van der Waals surface area contributed by atoms with Crippen LogP contribution in [0.5, 0.6) is 0 Å². The average molecular weight is 283 g/mol. The maximum Gasteiger partial charge on any atom is 0.226 e.